The number of aliphatic hydroxyl groups excluding tert-OH is 6. The van der Waals surface area contributed by atoms with E-state index in [2.05, 4.69) is 5.32 Å². The van der Waals surface area contributed by atoms with Gasteiger partial charge < -0.3 is 75.8 Å². The summed E-state index contributed by atoms with van der Waals surface area (Å²) in [5, 5.41) is 64.3. The van der Waals surface area contributed by atoms with E-state index in [0.29, 0.717) is 0 Å². The second kappa shape index (κ2) is 13.5. The predicted molar refractivity (Wildman–Crippen MR) is 125 cm³/mol. The van der Waals surface area contributed by atoms with Crippen LogP contribution in [0.15, 0.2) is 0 Å². The number of amides is 1. The second-order valence-electron chi connectivity index (χ2n) is 9.83. The first-order chi connectivity index (χ1) is 18.0. The van der Waals surface area contributed by atoms with E-state index in [1.54, 1.807) is 6.92 Å². The van der Waals surface area contributed by atoms with E-state index in [1.807, 2.05) is 0 Å². The van der Waals surface area contributed by atoms with Crippen molar-refractivity contribution in [3.8, 4) is 0 Å². The molecule has 1 amide bonds. The van der Waals surface area contributed by atoms with Gasteiger partial charge in [-0.3, -0.25) is 4.79 Å². The van der Waals surface area contributed by atoms with Gasteiger partial charge in [0.25, 0.3) is 0 Å². The van der Waals surface area contributed by atoms with Crippen LogP contribution in [-0.4, -0.2) is 149 Å². The second-order valence-corrected chi connectivity index (χ2v) is 9.83. The Morgan fingerprint density at radius 2 is 1.24 bits per heavy atom. The molecule has 16 heteroatoms. The summed E-state index contributed by atoms with van der Waals surface area (Å²) >= 11 is 0. The number of rotatable bonds is 9. The van der Waals surface area contributed by atoms with Gasteiger partial charge in [0.15, 0.2) is 18.9 Å². The molecule has 0 aromatic carbocycles. The molecule has 3 aliphatic rings. The van der Waals surface area contributed by atoms with Gasteiger partial charge >= 0.3 is 0 Å². The van der Waals surface area contributed by atoms with E-state index in [1.165, 1.54) is 14.0 Å². The molecular weight excluding hydrogens is 514 g/mol. The van der Waals surface area contributed by atoms with Gasteiger partial charge in [0, 0.05) is 20.0 Å². The molecule has 0 aromatic heterocycles. The molecule has 0 spiro atoms. The lowest BCUT2D eigenvalue weighted by molar-refractivity contribution is -0.348. The third-order valence-corrected chi connectivity index (χ3v) is 7.26. The minimum Gasteiger partial charge on any atom is -0.394 e. The average molecular weight is 556 g/mol. The third kappa shape index (κ3) is 6.45. The van der Waals surface area contributed by atoms with Crippen LogP contribution >= 0.6 is 0 Å². The number of ether oxygens (including phenoxy) is 6. The summed E-state index contributed by atoms with van der Waals surface area (Å²) in [5.41, 5.74) is 12.2. The van der Waals surface area contributed by atoms with Gasteiger partial charge in [0.05, 0.1) is 44.1 Å². The Morgan fingerprint density at radius 1 is 0.789 bits per heavy atom. The number of nitrogens with two attached hydrogens (primary N) is 2. The van der Waals surface area contributed by atoms with Gasteiger partial charge in [-0.25, -0.2) is 0 Å². The van der Waals surface area contributed by atoms with Crippen LogP contribution in [0, 0.1) is 5.92 Å². The standard InChI is InChI=1S/C22H41N3O13/c1-7-9(4-26)34-20(12(23)15(7)30)37-18-10(5-27)35-21(13(24)16(18)31)38-19-11(6-28)36-22(33-3)14(17(19)32)25-8(2)29/h7,9-22,26-28,30-32H,4-6,23-24H2,1-3H3,(H,25,29)/t7-,9?,10?,11?,12?,13?,14?,15+,16-,17-,18-,19-,20?,21?,22?/m1/s1. The molecule has 3 fully saturated rings. The molecule has 38 heavy (non-hydrogen) atoms. The van der Waals surface area contributed by atoms with Crippen molar-refractivity contribution >= 4 is 5.91 Å². The lowest BCUT2D eigenvalue weighted by Crippen LogP contribution is -2.69. The molecule has 3 aliphatic heterocycles. The average Bonchev–Trinajstić information content (AvgIpc) is 2.90. The molecule has 222 valence electrons. The Hall–Kier alpha value is -1.09. The maximum Gasteiger partial charge on any atom is 0.217 e. The first-order valence-electron chi connectivity index (χ1n) is 12.4. The van der Waals surface area contributed by atoms with Gasteiger partial charge in [0.2, 0.25) is 5.91 Å². The number of carbonyl (C=O) groups is 1. The predicted octanol–water partition coefficient (Wildman–Crippen LogP) is -5.57. The monoisotopic (exact) mass is 555 g/mol. The van der Waals surface area contributed by atoms with Crippen LogP contribution in [0.25, 0.3) is 0 Å². The minimum absolute atomic E-state index is 0.408. The summed E-state index contributed by atoms with van der Waals surface area (Å²) in [6.07, 6.45) is -13.5. The molecular formula is C22H41N3O13. The molecule has 11 N–H and O–H groups in total. The molecule has 9 unspecified atom stereocenters. The van der Waals surface area contributed by atoms with Gasteiger partial charge in [-0.05, 0) is 0 Å². The van der Waals surface area contributed by atoms with Crippen LogP contribution in [0.4, 0.5) is 0 Å². The molecule has 0 aromatic rings. The highest BCUT2D eigenvalue weighted by atomic mass is 16.7. The van der Waals surface area contributed by atoms with Crippen LogP contribution in [0.2, 0.25) is 0 Å². The van der Waals surface area contributed by atoms with E-state index >= 15 is 0 Å². The van der Waals surface area contributed by atoms with Crippen molar-refractivity contribution < 1.29 is 63.9 Å². The summed E-state index contributed by atoms with van der Waals surface area (Å²) in [4.78, 5) is 11.7. The van der Waals surface area contributed by atoms with E-state index in [4.69, 9.17) is 39.9 Å². The number of aliphatic hydroxyl groups is 6. The molecule has 16 nitrogen and oxygen atoms in total. The van der Waals surface area contributed by atoms with Crippen molar-refractivity contribution in [2.75, 3.05) is 26.9 Å². The molecule has 0 aliphatic carbocycles. The fourth-order valence-electron chi connectivity index (χ4n) is 4.96. The third-order valence-electron chi connectivity index (χ3n) is 7.26. The molecule has 0 radical (unpaired) electrons. The summed E-state index contributed by atoms with van der Waals surface area (Å²) in [7, 11) is 1.30. The Kier molecular flexibility index (Phi) is 11.2. The van der Waals surface area contributed by atoms with E-state index in [9.17, 15) is 35.4 Å². The van der Waals surface area contributed by atoms with E-state index in [-0.39, 0.29) is 0 Å². The zero-order chi connectivity index (χ0) is 28.3. The Balaban J connectivity index is 1.75. The fraction of sp³-hybridized carbons (Fsp3) is 0.955. The van der Waals surface area contributed by atoms with Crippen molar-refractivity contribution in [3.05, 3.63) is 0 Å². The number of hydrogen-bond acceptors (Lipinski definition) is 15. The summed E-state index contributed by atoms with van der Waals surface area (Å²) in [6, 6.07) is -3.41. The lowest BCUT2D eigenvalue weighted by atomic mass is 9.89. The lowest BCUT2D eigenvalue weighted by Gasteiger charge is -2.49. The fourth-order valence-corrected chi connectivity index (χ4v) is 4.96. The van der Waals surface area contributed by atoms with Crippen molar-refractivity contribution in [2.45, 2.75) is 99.7 Å². The van der Waals surface area contributed by atoms with Crippen LogP contribution < -0.4 is 16.8 Å². The molecule has 3 rings (SSSR count). The SMILES string of the molecule is COC1OC(CO)[C@@H](OC2OC(CO)[C@@H](OC3OC(CO)[C@@H](C)[C@H](O)C3N)[C@H](O)C2N)[C@H](O)C1NC(C)=O. The molecule has 0 saturated carbocycles. The Morgan fingerprint density at radius 3 is 1.71 bits per heavy atom. The van der Waals surface area contributed by atoms with Gasteiger partial charge in [-0.1, -0.05) is 6.92 Å². The molecule has 3 saturated heterocycles. The van der Waals surface area contributed by atoms with E-state index < -0.39 is 117 Å². The maximum absolute atomic E-state index is 11.7. The first kappa shape index (κ1) is 31.4. The summed E-state index contributed by atoms with van der Waals surface area (Å²) in [6.45, 7) is 1.22. The van der Waals surface area contributed by atoms with Crippen molar-refractivity contribution in [3.63, 3.8) is 0 Å². The number of hydrogen-bond donors (Lipinski definition) is 9. The van der Waals surface area contributed by atoms with Crippen LogP contribution in [0.3, 0.4) is 0 Å². The van der Waals surface area contributed by atoms with Gasteiger partial charge in [-0.15, -0.1) is 0 Å². The first-order valence-corrected chi connectivity index (χ1v) is 12.4. The summed E-state index contributed by atoms with van der Waals surface area (Å²) < 4.78 is 33.9. The number of carbonyl (C=O) groups excluding carboxylic acids is 1. The smallest absolute Gasteiger partial charge is 0.217 e. The van der Waals surface area contributed by atoms with E-state index in [0.717, 1.165) is 0 Å². The van der Waals surface area contributed by atoms with Gasteiger partial charge in [0.1, 0.15) is 42.7 Å². The molecule has 0 bridgehead atoms. The number of methoxy groups -OCH3 is 1. The van der Waals surface area contributed by atoms with Crippen LogP contribution in [0.5, 0.6) is 0 Å². The highest BCUT2D eigenvalue weighted by molar-refractivity contribution is 5.73. The quantitative estimate of drug-likeness (QED) is 0.128. The summed E-state index contributed by atoms with van der Waals surface area (Å²) in [5.74, 6) is -0.966. The Bertz CT molecular complexity index is 764. The van der Waals surface area contributed by atoms with Crippen LogP contribution in [-0.2, 0) is 33.2 Å². The highest BCUT2D eigenvalue weighted by Gasteiger charge is 2.52. The normalized spacial score (nSPS) is 48.0. The molecule has 15 atom stereocenters. The van der Waals surface area contributed by atoms with Crippen molar-refractivity contribution in [1.82, 2.24) is 5.32 Å². The number of nitrogens with one attached hydrogen (secondary N) is 1. The van der Waals surface area contributed by atoms with Crippen molar-refractivity contribution in [1.29, 1.82) is 0 Å². The zero-order valence-electron chi connectivity index (χ0n) is 21.5. The Labute approximate surface area is 219 Å². The maximum atomic E-state index is 11.7. The topological polar surface area (TPSA) is 258 Å². The molecule has 3 heterocycles. The zero-order valence-corrected chi connectivity index (χ0v) is 21.5. The highest BCUT2D eigenvalue weighted by Crippen LogP contribution is 2.32. The van der Waals surface area contributed by atoms with Crippen LogP contribution in [0.1, 0.15) is 13.8 Å². The van der Waals surface area contributed by atoms with Crippen molar-refractivity contribution in [2.24, 2.45) is 17.4 Å². The largest absolute Gasteiger partial charge is 0.394 e. The minimum atomic E-state index is -1.52. The van der Waals surface area contributed by atoms with Gasteiger partial charge in [-0.2, -0.15) is 0 Å².